The summed E-state index contributed by atoms with van der Waals surface area (Å²) < 4.78 is 41.0. The molecule has 0 aliphatic carbocycles. The van der Waals surface area contributed by atoms with Gasteiger partial charge in [0.15, 0.2) is 11.6 Å². The molecule has 0 spiro atoms. The van der Waals surface area contributed by atoms with Gasteiger partial charge in [0.1, 0.15) is 22.8 Å². The van der Waals surface area contributed by atoms with Gasteiger partial charge in [-0.15, -0.1) is 0 Å². The lowest BCUT2D eigenvalue weighted by Crippen LogP contribution is -2.26. The number of amides is 1. The van der Waals surface area contributed by atoms with Gasteiger partial charge in [0.2, 0.25) is 0 Å². The van der Waals surface area contributed by atoms with Crippen molar-refractivity contribution in [3.8, 4) is 22.9 Å². The Bertz CT molecular complexity index is 1790. The van der Waals surface area contributed by atoms with Crippen molar-refractivity contribution >= 4 is 33.7 Å². The number of hydrogen-bond acceptors (Lipinski definition) is 6. The third-order valence-electron chi connectivity index (χ3n) is 6.53. The molecule has 11 heteroatoms. The van der Waals surface area contributed by atoms with Crippen molar-refractivity contribution in [2.75, 3.05) is 24.4 Å². The zero-order valence-electron chi connectivity index (χ0n) is 22.6. The second-order valence-electron chi connectivity index (χ2n) is 9.21. The lowest BCUT2D eigenvalue weighted by molar-refractivity contribution is 0.102. The van der Waals surface area contributed by atoms with E-state index in [1.165, 1.54) is 16.8 Å². The van der Waals surface area contributed by atoms with Crippen molar-refractivity contribution in [1.29, 1.82) is 0 Å². The van der Waals surface area contributed by atoms with Crippen LogP contribution in [-0.2, 0) is 17.7 Å². The Hall–Kier alpha value is -4.61. The summed E-state index contributed by atoms with van der Waals surface area (Å²) in [6, 6.07) is 19.8. The van der Waals surface area contributed by atoms with Crippen LogP contribution >= 0.6 is 0 Å². The van der Waals surface area contributed by atoms with Crippen LogP contribution in [0.2, 0.25) is 0 Å². The molecular weight excluding hydrogens is 547 g/mol. The van der Waals surface area contributed by atoms with Gasteiger partial charge in [-0.25, -0.2) is 9.07 Å². The molecule has 41 heavy (non-hydrogen) atoms. The summed E-state index contributed by atoms with van der Waals surface area (Å²) in [4.78, 5) is 31.1. The van der Waals surface area contributed by atoms with Gasteiger partial charge in [-0.2, -0.15) is 0 Å². The Morgan fingerprint density at radius 3 is 2.56 bits per heavy atom. The normalized spacial score (nSPS) is 11.8. The number of benzene rings is 3. The molecule has 0 radical (unpaired) electrons. The molecule has 9 nitrogen and oxygen atoms in total. The molecule has 0 aliphatic rings. The van der Waals surface area contributed by atoms with Crippen LogP contribution in [0.3, 0.4) is 0 Å². The molecule has 1 amide bonds. The molecule has 5 rings (SSSR count). The standard InChI is InChI=1S/C30H27FN4O5S/c1-19-28(30(37)35(21-7-5-4-6-8-21)34(19)15-16-41(3)38)29(36)33-20-9-12-27(24(31)17-20)40-26-13-14-32-25-18-22(39-2)10-11-23(25)26/h4-14,17-18H,15-16H2,1-3H3,(H,33,36). The molecule has 0 bridgehead atoms. The van der Waals surface area contributed by atoms with Crippen LogP contribution in [0.15, 0.2) is 83.8 Å². The Morgan fingerprint density at radius 1 is 1.07 bits per heavy atom. The smallest absolute Gasteiger partial charge is 0.284 e. The number of hydrogen-bond donors (Lipinski definition) is 1. The van der Waals surface area contributed by atoms with Gasteiger partial charge in [0.05, 0.1) is 36.8 Å². The van der Waals surface area contributed by atoms with Crippen LogP contribution in [0, 0.1) is 12.7 Å². The third-order valence-corrected chi connectivity index (χ3v) is 7.29. The molecule has 5 aromatic rings. The van der Waals surface area contributed by atoms with Crippen LogP contribution < -0.4 is 20.3 Å². The minimum Gasteiger partial charge on any atom is -0.617 e. The maximum atomic E-state index is 15.1. The average Bonchev–Trinajstić information content (AvgIpc) is 3.22. The van der Waals surface area contributed by atoms with Crippen LogP contribution in [-0.4, -0.2) is 43.9 Å². The number of halogens is 1. The molecule has 1 unspecified atom stereocenters. The number of carbonyl (C=O) groups excluding carboxylic acids is 1. The first-order valence-corrected chi connectivity index (χ1v) is 14.4. The summed E-state index contributed by atoms with van der Waals surface area (Å²) in [5, 5.41) is 3.30. The number of para-hydroxylation sites is 1. The van der Waals surface area contributed by atoms with E-state index in [2.05, 4.69) is 10.3 Å². The van der Waals surface area contributed by atoms with Crippen molar-refractivity contribution < 1.29 is 23.2 Å². The van der Waals surface area contributed by atoms with Gasteiger partial charge in [0.25, 0.3) is 11.5 Å². The highest BCUT2D eigenvalue weighted by Gasteiger charge is 2.24. The quantitative estimate of drug-likeness (QED) is 0.246. The summed E-state index contributed by atoms with van der Waals surface area (Å²) >= 11 is -1.11. The highest BCUT2D eigenvalue weighted by atomic mass is 32.2. The van der Waals surface area contributed by atoms with Crippen molar-refractivity contribution in [3.05, 3.63) is 106 Å². The zero-order chi connectivity index (χ0) is 29.1. The van der Waals surface area contributed by atoms with Crippen LogP contribution in [0.5, 0.6) is 17.2 Å². The zero-order valence-corrected chi connectivity index (χ0v) is 23.4. The second kappa shape index (κ2) is 11.9. The number of ether oxygens (including phenoxy) is 2. The molecule has 1 atom stereocenters. The molecule has 2 heterocycles. The fourth-order valence-electron chi connectivity index (χ4n) is 4.51. The lowest BCUT2D eigenvalue weighted by Gasteiger charge is -2.14. The third kappa shape index (κ3) is 5.81. The first-order valence-electron chi connectivity index (χ1n) is 12.7. The number of fused-ring (bicyclic) bond motifs is 1. The van der Waals surface area contributed by atoms with Crippen LogP contribution in [0.25, 0.3) is 16.6 Å². The fraction of sp³-hybridized carbons (Fsp3) is 0.167. The van der Waals surface area contributed by atoms with Crippen molar-refractivity contribution in [1.82, 2.24) is 14.3 Å². The van der Waals surface area contributed by atoms with Crippen molar-refractivity contribution in [2.24, 2.45) is 0 Å². The average molecular weight is 575 g/mol. The highest BCUT2D eigenvalue weighted by molar-refractivity contribution is 7.90. The molecule has 2 aromatic heterocycles. The molecular formula is C30H27FN4O5S. The lowest BCUT2D eigenvalue weighted by atomic mass is 10.2. The van der Waals surface area contributed by atoms with E-state index >= 15 is 4.39 Å². The van der Waals surface area contributed by atoms with E-state index < -0.39 is 28.5 Å². The predicted octanol–water partition coefficient (Wildman–Crippen LogP) is 5.07. The Kier molecular flexibility index (Phi) is 8.09. The number of nitrogens with one attached hydrogen (secondary N) is 1. The highest BCUT2D eigenvalue weighted by Crippen LogP contribution is 2.33. The molecule has 0 aliphatic heterocycles. The molecule has 1 N–H and O–H groups in total. The number of nitrogens with zero attached hydrogens (tertiary/aromatic N) is 3. The van der Waals surface area contributed by atoms with Crippen molar-refractivity contribution in [2.45, 2.75) is 13.5 Å². The Labute approximate surface area is 238 Å². The summed E-state index contributed by atoms with van der Waals surface area (Å²) in [6.45, 7) is 1.92. The van der Waals surface area contributed by atoms with Crippen LogP contribution in [0.1, 0.15) is 16.1 Å². The molecule has 0 saturated carbocycles. The van der Waals surface area contributed by atoms with Crippen LogP contribution in [0.4, 0.5) is 10.1 Å². The summed E-state index contributed by atoms with van der Waals surface area (Å²) in [5.74, 6) is -0.101. The minimum absolute atomic E-state index is 0.0485. The summed E-state index contributed by atoms with van der Waals surface area (Å²) in [5.41, 5.74) is 1.13. The number of rotatable bonds is 9. The maximum Gasteiger partial charge on any atom is 0.284 e. The summed E-state index contributed by atoms with van der Waals surface area (Å²) in [7, 11) is 1.56. The van der Waals surface area contributed by atoms with E-state index in [4.69, 9.17) is 9.47 Å². The topological polar surface area (TPSA) is 110 Å². The Morgan fingerprint density at radius 2 is 1.85 bits per heavy atom. The van der Waals surface area contributed by atoms with Gasteiger partial charge in [-0.3, -0.25) is 19.3 Å². The van der Waals surface area contributed by atoms with E-state index in [9.17, 15) is 14.1 Å². The minimum atomic E-state index is -1.11. The van der Waals surface area contributed by atoms with E-state index in [0.29, 0.717) is 39.5 Å². The maximum absolute atomic E-state index is 15.1. The van der Waals surface area contributed by atoms with Crippen molar-refractivity contribution in [3.63, 3.8) is 0 Å². The van der Waals surface area contributed by atoms with Gasteiger partial charge in [0, 0.05) is 29.4 Å². The van der Waals surface area contributed by atoms with E-state index in [1.807, 2.05) is 6.07 Å². The monoisotopic (exact) mass is 574 g/mol. The predicted molar refractivity (Wildman–Crippen MR) is 156 cm³/mol. The van der Waals surface area contributed by atoms with E-state index in [0.717, 1.165) is 6.07 Å². The number of carbonyl (C=O) groups is 1. The number of aromatic nitrogens is 3. The van der Waals surface area contributed by atoms with E-state index in [-0.39, 0.29) is 23.5 Å². The van der Waals surface area contributed by atoms with Gasteiger partial charge in [-0.05, 0) is 49.4 Å². The first kappa shape index (κ1) is 27.9. The summed E-state index contributed by atoms with van der Waals surface area (Å²) in [6.07, 6.45) is 3.13. The van der Waals surface area contributed by atoms with Gasteiger partial charge >= 0.3 is 0 Å². The number of methoxy groups -OCH3 is 1. The Balaban J connectivity index is 1.41. The largest absolute Gasteiger partial charge is 0.617 e. The SMILES string of the molecule is COc1ccc2c(Oc3ccc(NC(=O)c4c(C)n(CC[S+](C)[O-])n(-c5ccccc5)c4=O)cc3F)ccnc2c1. The van der Waals surface area contributed by atoms with Gasteiger partial charge in [-0.1, -0.05) is 29.4 Å². The fourth-order valence-corrected chi connectivity index (χ4v) is 4.94. The molecule has 210 valence electrons. The van der Waals surface area contributed by atoms with Gasteiger partial charge < -0.3 is 19.3 Å². The first-order chi connectivity index (χ1) is 19.8. The molecule has 0 fully saturated rings. The van der Waals surface area contributed by atoms with E-state index in [1.54, 1.807) is 79.7 Å². The second-order valence-corrected chi connectivity index (χ2v) is 10.8. The molecule has 0 saturated heterocycles. The molecule has 3 aromatic carbocycles. The number of pyridine rings is 1. The number of anilines is 1.